The van der Waals surface area contributed by atoms with Gasteiger partial charge in [0.25, 0.3) is 5.91 Å². The van der Waals surface area contributed by atoms with Crippen LogP contribution >= 0.6 is 11.6 Å². The van der Waals surface area contributed by atoms with Gasteiger partial charge in [0.15, 0.2) is 11.5 Å². The summed E-state index contributed by atoms with van der Waals surface area (Å²) in [7, 11) is 1.43. The van der Waals surface area contributed by atoms with Crippen LogP contribution in [-0.4, -0.2) is 25.5 Å². The van der Waals surface area contributed by atoms with Crippen LogP contribution in [0.25, 0.3) is 12.2 Å². The van der Waals surface area contributed by atoms with E-state index in [1.54, 1.807) is 42.5 Å². The number of hydrogen-bond acceptors (Lipinski definition) is 5. The second kappa shape index (κ2) is 11.4. The van der Waals surface area contributed by atoms with Gasteiger partial charge in [0, 0.05) is 17.6 Å². The standard InChI is InChI=1S/C23H21ClN2O4/c1-3-12-26-23(28)18(15-25)13-17-6-10-20(21(14-17)29-2)30-22(27)11-7-16-4-8-19(24)9-5-16/h4-11,13-14H,3,12H2,1-2H3,(H,26,28)/b11-7+,18-13+. The van der Waals surface area contributed by atoms with Gasteiger partial charge in [-0.15, -0.1) is 0 Å². The molecule has 7 heteroatoms. The monoisotopic (exact) mass is 424 g/mol. The third kappa shape index (κ3) is 6.80. The Morgan fingerprint density at radius 2 is 1.83 bits per heavy atom. The summed E-state index contributed by atoms with van der Waals surface area (Å²) >= 11 is 5.83. The second-order valence-electron chi connectivity index (χ2n) is 6.14. The first-order valence-electron chi connectivity index (χ1n) is 9.20. The largest absolute Gasteiger partial charge is 0.493 e. The molecule has 0 aliphatic heterocycles. The summed E-state index contributed by atoms with van der Waals surface area (Å²) in [5.74, 6) is -0.512. The molecule has 0 saturated heterocycles. The van der Waals surface area contributed by atoms with E-state index >= 15 is 0 Å². The van der Waals surface area contributed by atoms with Crippen molar-refractivity contribution in [2.24, 2.45) is 0 Å². The van der Waals surface area contributed by atoms with Gasteiger partial charge in [-0.2, -0.15) is 5.26 Å². The molecule has 2 aromatic rings. The summed E-state index contributed by atoms with van der Waals surface area (Å²) in [5, 5.41) is 12.5. The van der Waals surface area contributed by atoms with Crippen molar-refractivity contribution in [3.05, 3.63) is 70.3 Å². The number of carbonyl (C=O) groups excluding carboxylic acids is 2. The highest BCUT2D eigenvalue weighted by Crippen LogP contribution is 2.29. The van der Waals surface area contributed by atoms with Crippen LogP contribution < -0.4 is 14.8 Å². The zero-order valence-electron chi connectivity index (χ0n) is 16.6. The van der Waals surface area contributed by atoms with Crippen LogP contribution in [0.5, 0.6) is 11.5 Å². The molecule has 0 bridgehead atoms. The van der Waals surface area contributed by atoms with E-state index in [-0.39, 0.29) is 11.3 Å². The van der Waals surface area contributed by atoms with E-state index in [9.17, 15) is 14.9 Å². The Kier molecular flexibility index (Phi) is 8.67. The molecule has 0 aliphatic rings. The van der Waals surface area contributed by atoms with Crippen molar-refractivity contribution >= 4 is 35.6 Å². The van der Waals surface area contributed by atoms with Crippen LogP contribution in [0.4, 0.5) is 0 Å². The van der Waals surface area contributed by atoms with Gasteiger partial charge in [0.05, 0.1) is 7.11 Å². The Hall–Kier alpha value is -3.56. The Morgan fingerprint density at radius 3 is 2.47 bits per heavy atom. The van der Waals surface area contributed by atoms with Crippen LogP contribution in [0.1, 0.15) is 24.5 Å². The van der Waals surface area contributed by atoms with E-state index in [0.29, 0.717) is 22.9 Å². The summed E-state index contributed by atoms with van der Waals surface area (Å²) in [5.41, 5.74) is 1.34. The van der Waals surface area contributed by atoms with Gasteiger partial charge in [0.2, 0.25) is 0 Å². The number of nitrogens with zero attached hydrogens (tertiary/aromatic N) is 1. The van der Waals surface area contributed by atoms with Gasteiger partial charge in [-0.1, -0.05) is 36.7 Å². The molecular weight excluding hydrogens is 404 g/mol. The summed E-state index contributed by atoms with van der Waals surface area (Å²) in [6, 6.07) is 13.6. The van der Waals surface area contributed by atoms with Crippen molar-refractivity contribution < 1.29 is 19.1 Å². The minimum absolute atomic E-state index is 0.0267. The lowest BCUT2D eigenvalue weighted by Gasteiger charge is -2.09. The molecular formula is C23H21ClN2O4. The van der Waals surface area contributed by atoms with Crippen LogP contribution in [0, 0.1) is 11.3 Å². The predicted molar refractivity (Wildman–Crippen MR) is 116 cm³/mol. The Balaban J connectivity index is 2.14. The van der Waals surface area contributed by atoms with Crippen LogP contribution in [0.2, 0.25) is 5.02 Å². The maximum atomic E-state index is 12.1. The number of benzene rings is 2. The van der Waals surface area contributed by atoms with Crippen LogP contribution in [-0.2, 0) is 9.59 Å². The molecule has 2 aromatic carbocycles. The first-order chi connectivity index (χ1) is 14.5. The summed E-state index contributed by atoms with van der Waals surface area (Å²) in [6.45, 7) is 2.41. The van der Waals surface area contributed by atoms with Crippen molar-refractivity contribution in [2.75, 3.05) is 13.7 Å². The van der Waals surface area contributed by atoms with E-state index in [1.165, 1.54) is 25.3 Å². The van der Waals surface area contributed by atoms with Crippen molar-refractivity contribution in [2.45, 2.75) is 13.3 Å². The minimum Gasteiger partial charge on any atom is -0.493 e. The second-order valence-corrected chi connectivity index (χ2v) is 6.58. The fourth-order valence-electron chi connectivity index (χ4n) is 2.39. The number of methoxy groups -OCH3 is 1. The van der Waals surface area contributed by atoms with Gasteiger partial charge in [-0.3, -0.25) is 4.79 Å². The number of amides is 1. The molecule has 0 atom stereocenters. The summed E-state index contributed by atoms with van der Waals surface area (Å²) < 4.78 is 10.6. The van der Waals surface area contributed by atoms with Gasteiger partial charge in [-0.25, -0.2) is 4.79 Å². The third-order valence-corrected chi connectivity index (χ3v) is 4.14. The molecule has 0 saturated carbocycles. The van der Waals surface area contributed by atoms with Gasteiger partial charge in [0.1, 0.15) is 11.6 Å². The number of ether oxygens (including phenoxy) is 2. The summed E-state index contributed by atoms with van der Waals surface area (Å²) in [6.07, 6.45) is 5.11. The Morgan fingerprint density at radius 1 is 1.13 bits per heavy atom. The lowest BCUT2D eigenvalue weighted by Crippen LogP contribution is -2.25. The Bertz CT molecular complexity index is 1000. The molecule has 154 valence electrons. The highest BCUT2D eigenvalue weighted by molar-refractivity contribution is 6.30. The summed E-state index contributed by atoms with van der Waals surface area (Å²) in [4.78, 5) is 24.1. The van der Waals surface area contributed by atoms with E-state index < -0.39 is 11.9 Å². The molecule has 30 heavy (non-hydrogen) atoms. The van der Waals surface area contributed by atoms with Crippen molar-refractivity contribution in [3.8, 4) is 17.6 Å². The SMILES string of the molecule is CCCNC(=O)/C(C#N)=C/c1ccc(OC(=O)/C=C/c2ccc(Cl)cc2)c(OC)c1. The zero-order chi connectivity index (χ0) is 21.9. The van der Waals surface area contributed by atoms with E-state index in [4.69, 9.17) is 21.1 Å². The average Bonchev–Trinajstić information content (AvgIpc) is 2.76. The molecule has 0 aliphatic carbocycles. The molecule has 0 aromatic heterocycles. The normalized spacial score (nSPS) is 11.1. The topological polar surface area (TPSA) is 88.4 Å². The fraction of sp³-hybridized carbons (Fsp3) is 0.174. The lowest BCUT2D eigenvalue weighted by atomic mass is 10.1. The van der Waals surface area contributed by atoms with E-state index in [2.05, 4.69) is 5.32 Å². The third-order valence-electron chi connectivity index (χ3n) is 3.89. The average molecular weight is 425 g/mol. The van der Waals surface area contributed by atoms with Crippen LogP contribution in [0.15, 0.2) is 54.1 Å². The molecule has 0 radical (unpaired) electrons. The number of hydrogen-bond donors (Lipinski definition) is 1. The smallest absolute Gasteiger partial charge is 0.336 e. The number of esters is 1. The zero-order valence-corrected chi connectivity index (χ0v) is 17.4. The fourth-order valence-corrected chi connectivity index (χ4v) is 2.51. The quantitative estimate of drug-likeness (QED) is 0.293. The molecule has 0 spiro atoms. The molecule has 1 N–H and O–H groups in total. The van der Waals surface area contributed by atoms with Gasteiger partial charge >= 0.3 is 5.97 Å². The predicted octanol–water partition coefficient (Wildman–Crippen LogP) is 4.40. The van der Waals surface area contributed by atoms with Crippen molar-refractivity contribution in [1.82, 2.24) is 5.32 Å². The maximum Gasteiger partial charge on any atom is 0.336 e. The molecule has 0 unspecified atom stereocenters. The first-order valence-corrected chi connectivity index (χ1v) is 9.58. The highest BCUT2D eigenvalue weighted by atomic mass is 35.5. The van der Waals surface area contributed by atoms with E-state index in [0.717, 1.165) is 12.0 Å². The minimum atomic E-state index is -0.580. The first kappa shape index (κ1) is 22.7. The maximum absolute atomic E-state index is 12.1. The molecule has 1 amide bonds. The number of nitriles is 1. The number of rotatable bonds is 8. The van der Waals surface area contributed by atoms with Gasteiger partial charge < -0.3 is 14.8 Å². The number of nitrogens with one attached hydrogen (secondary N) is 1. The van der Waals surface area contributed by atoms with Crippen LogP contribution in [0.3, 0.4) is 0 Å². The molecule has 6 nitrogen and oxygen atoms in total. The number of halogens is 1. The lowest BCUT2D eigenvalue weighted by molar-refractivity contribution is -0.129. The Labute approximate surface area is 180 Å². The molecule has 0 heterocycles. The highest BCUT2D eigenvalue weighted by Gasteiger charge is 2.11. The van der Waals surface area contributed by atoms with Crippen molar-refractivity contribution in [1.29, 1.82) is 5.26 Å². The van der Waals surface area contributed by atoms with Gasteiger partial charge in [-0.05, 0) is 54.0 Å². The van der Waals surface area contributed by atoms with E-state index in [1.807, 2.05) is 13.0 Å². The molecule has 0 fully saturated rings. The number of carbonyl (C=O) groups is 2. The molecule has 2 rings (SSSR count). The van der Waals surface area contributed by atoms with Crippen molar-refractivity contribution in [3.63, 3.8) is 0 Å².